The largest absolute Gasteiger partial charge is 0.495 e. The van der Waals surface area contributed by atoms with E-state index in [4.69, 9.17) is 26.3 Å². The van der Waals surface area contributed by atoms with Gasteiger partial charge >= 0.3 is 0 Å². The van der Waals surface area contributed by atoms with E-state index in [1.54, 1.807) is 32.9 Å². The van der Waals surface area contributed by atoms with E-state index in [2.05, 4.69) is 10.8 Å². The van der Waals surface area contributed by atoms with Crippen molar-refractivity contribution in [3.05, 3.63) is 46.5 Å². The second-order valence-electron chi connectivity index (χ2n) is 7.15. The van der Waals surface area contributed by atoms with Crippen molar-refractivity contribution in [2.24, 2.45) is 5.92 Å². The van der Waals surface area contributed by atoms with Crippen LogP contribution in [-0.2, 0) is 10.0 Å². The van der Waals surface area contributed by atoms with Crippen LogP contribution in [0.15, 0.2) is 35.2 Å². The van der Waals surface area contributed by atoms with Crippen molar-refractivity contribution in [3.8, 4) is 17.6 Å². The molecule has 0 aromatic heterocycles. The Morgan fingerprint density at radius 1 is 1.22 bits per heavy atom. The number of benzene rings is 2. The molecule has 0 aliphatic heterocycles. The number of aryl methyl sites for hydroxylation is 1. The van der Waals surface area contributed by atoms with Gasteiger partial charge in [0.1, 0.15) is 11.5 Å². The van der Waals surface area contributed by atoms with Crippen LogP contribution in [0.1, 0.15) is 29.8 Å². The molecule has 0 bridgehead atoms. The third kappa shape index (κ3) is 5.64. The van der Waals surface area contributed by atoms with Crippen LogP contribution in [0.3, 0.4) is 0 Å². The standard InChI is InChI=1S/C22H26ClN3O5S/c1-6-26(13-14(2)12-24)22(27)16-8-7-15(3)21(9-16)32(28,29)25-18-10-17(23)19(30-4)11-20(18)31-5/h7-11,14,25H,6,13H2,1-5H3. The van der Waals surface area contributed by atoms with Gasteiger partial charge in [-0.2, -0.15) is 5.26 Å². The van der Waals surface area contributed by atoms with Gasteiger partial charge in [0.2, 0.25) is 0 Å². The number of hydrogen-bond donors (Lipinski definition) is 1. The van der Waals surface area contributed by atoms with Crippen molar-refractivity contribution >= 4 is 33.2 Å². The number of hydrogen-bond acceptors (Lipinski definition) is 6. The van der Waals surface area contributed by atoms with Gasteiger partial charge in [-0.3, -0.25) is 9.52 Å². The molecule has 1 amide bonds. The zero-order chi connectivity index (χ0) is 24.1. The molecule has 0 saturated carbocycles. The number of nitriles is 1. The molecular weight excluding hydrogens is 454 g/mol. The van der Waals surface area contributed by atoms with Gasteiger partial charge in [-0.25, -0.2) is 8.42 Å². The monoisotopic (exact) mass is 479 g/mol. The predicted octanol–water partition coefficient (Wildman–Crippen LogP) is 4.09. The summed E-state index contributed by atoms with van der Waals surface area (Å²) in [6.07, 6.45) is 0. The lowest BCUT2D eigenvalue weighted by Gasteiger charge is -2.22. The van der Waals surface area contributed by atoms with Crippen molar-refractivity contribution in [2.75, 3.05) is 32.0 Å². The van der Waals surface area contributed by atoms with Gasteiger partial charge in [-0.05, 0) is 44.5 Å². The summed E-state index contributed by atoms with van der Waals surface area (Å²) in [7, 11) is -1.25. The molecule has 0 aliphatic rings. The van der Waals surface area contributed by atoms with E-state index in [0.717, 1.165) is 0 Å². The lowest BCUT2D eigenvalue weighted by atomic mass is 10.1. The van der Waals surface area contributed by atoms with E-state index in [0.29, 0.717) is 17.9 Å². The Balaban J connectivity index is 2.44. The maximum Gasteiger partial charge on any atom is 0.262 e. The molecule has 0 heterocycles. The van der Waals surface area contributed by atoms with E-state index in [1.165, 1.54) is 37.3 Å². The molecule has 0 fully saturated rings. The van der Waals surface area contributed by atoms with Crippen molar-refractivity contribution in [3.63, 3.8) is 0 Å². The smallest absolute Gasteiger partial charge is 0.262 e. The Kier molecular flexibility index (Phi) is 8.36. The van der Waals surface area contributed by atoms with E-state index >= 15 is 0 Å². The zero-order valence-electron chi connectivity index (χ0n) is 18.6. The number of nitrogens with zero attached hydrogens (tertiary/aromatic N) is 2. The third-order valence-corrected chi connectivity index (χ3v) is 6.63. The topological polar surface area (TPSA) is 109 Å². The fraction of sp³-hybridized carbons (Fsp3) is 0.364. The first-order chi connectivity index (χ1) is 15.1. The molecular formula is C22H26ClN3O5S. The Hall–Kier alpha value is -2.96. The van der Waals surface area contributed by atoms with Gasteiger partial charge in [-0.15, -0.1) is 0 Å². The van der Waals surface area contributed by atoms with Crippen molar-refractivity contribution in [2.45, 2.75) is 25.7 Å². The average Bonchev–Trinajstić information content (AvgIpc) is 2.76. The van der Waals surface area contributed by atoms with Gasteiger partial charge in [0, 0.05) is 24.7 Å². The predicted molar refractivity (Wildman–Crippen MR) is 123 cm³/mol. The summed E-state index contributed by atoms with van der Waals surface area (Å²) in [6, 6.07) is 9.44. The van der Waals surface area contributed by atoms with Crippen LogP contribution in [-0.4, -0.2) is 46.5 Å². The van der Waals surface area contributed by atoms with Crippen LogP contribution in [0, 0.1) is 24.2 Å². The number of halogens is 1. The first kappa shape index (κ1) is 25.3. The Bertz CT molecular complexity index is 1140. The number of sulfonamides is 1. The number of amides is 1. The average molecular weight is 480 g/mol. The van der Waals surface area contributed by atoms with E-state index in [9.17, 15) is 13.2 Å². The van der Waals surface area contributed by atoms with Gasteiger partial charge in [0.15, 0.2) is 0 Å². The van der Waals surface area contributed by atoms with Crippen LogP contribution in [0.25, 0.3) is 0 Å². The van der Waals surface area contributed by atoms with Crippen molar-refractivity contribution in [1.29, 1.82) is 5.26 Å². The number of carbonyl (C=O) groups is 1. The molecule has 0 radical (unpaired) electrons. The van der Waals surface area contributed by atoms with Gasteiger partial charge in [0.05, 0.1) is 41.8 Å². The molecule has 2 aromatic rings. The Morgan fingerprint density at radius 2 is 1.88 bits per heavy atom. The van der Waals surface area contributed by atoms with Gasteiger partial charge in [-0.1, -0.05) is 17.7 Å². The van der Waals surface area contributed by atoms with Gasteiger partial charge < -0.3 is 14.4 Å². The number of nitrogens with one attached hydrogen (secondary N) is 1. The Morgan fingerprint density at radius 3 is 2.44 bits per heavy atom. The number of methoxy groups -OCH3 is 2. The molecule has 2 aromatic carbocycles. The number of ether oxygens (including phenoxy) is 2. The quantitative estimate of drug-likeness (QED) is 0.580. The highest BCUT2D eigenvalue weighted by Gasteiger charge is 2.24. The molecule has 1 unspecified atom stereocenters. The van der Waals surface area contributed by atoms with Gasteiger partial charge in [0.25, 0.3) is 15.9 Å². The first-order valence-electron chi connectivity index (χ1n) is 9.81. The van der Waals surface area contributed by atoms with Crippen LogP contribution < -0.4 is 14.2 Å². The highest BCUT2D eigenvalue weighted by Crippen LogP contribution is 2.37. The van der Waals surface area contributed by atoms with Crippen LogP contribution >= 0.6 is 11.6 Å². The number of carbonyl (C=O) groups excluding carboxylic acids is 1. The SMILES string of the molecule is CCN(CC(C)C#N)C(=O)c1ccc(C)c(S(=O)(=O)Nc2cc(Cl)c(OC)cc2OC)c1. The summed E-state index contributed by atoms with van der Waals surface area (Å²) < 4.78 is 39.2. The normalized spacial score (nSPS) is 11.9. The lowest BCUT2D eigenvalue weighted by molar-refractivity contribution is 0.0752. The minimum Gasteiger partial charge on any atom is -0.495 e. The fourth-order valence-electron chi connectivity index (χ4n) is 3.07. The number of anilines is 1. The summed E-state index contributed by atoms with van der Waals surface area (Å²) in [4.78, 5) is 14.4. The third-order valence-electron chi connectivity index (χ3n) is 4.83. The molecule has 0 aliphatic carbocycles. The summed E-state index contributed by atoms with van der Waals surface area (Å²) in [5.41, 5.74) is 0.802. The summed E-state index contributed by atoms with van der Waals surface area (Å²) in [5, 5.41) is 9.26. The van der Waals surface area contributed by atoms with Crippen LogP contribution in [0.2, 0.25) is 5.02 Å². The number of rotatable bonds is 9. The van der Waals surface area contributed by atoms with E-state index in [-0.39, 0.29) is 45.3 Å². The highest BCUT2D eigenvalue weighted by molar-refractivity contribution is 7.92. The van der Waals surface area contributed by atoms with E-state index in [1.807, 2.05) is 0 Å². The Labute approximate surface area is 193 Å². The van der Waals surface area contributed by atoms with Crippen LogP contribution in [0.4, 0.5) is 5.69 Å². The second kappa shape index (κ2) is 10.6. The van der Waals surface area contributed by atoms with Crippen molar-refractivity contribution < 1.29 is 22.7 Å². The van der Waals surface area contributed by atoms with E-state index < -0.39 is 10.0 Å². The maximum absolute atomic E-state index is 13.2. The summed E-state index contributed by atoms with van der Waals surface area (Å²) in [6.45, 7) is 5.80. The molecule has 32 heavy (non-hydrogen) atoms. The summed E-state index contributed by atoms with van der Waals surface area (Å²) >= 11 is 6.15. The lowest BCUT2D eigenvalue weighted by Crippen LogP contribution is -2.34. The zero-order valence-corrected chi connectivity index (χ0v) is 20.2. The molecule has 2 rings (SSSR count). The molecule has 1 N–H and O–H groups in total. The van der Waals surface area contributed by atoms with Crippen LogP contribution in [0.5, 0.6) is 11.5 Å². The molecule has 8 nitrogen and oxygen atoms in total. The minimum absolute atomic E-state index is 0.0540. The molecule has 10 heteroatoms. The molecule has 0 spiro atoms. The molecule has 0 saturated heterocycles. The summed E-state index contributed by atoms with van der Waals surface area (Å²) in [5.74, 6) is -0.138. The fourth-order valence-corrected chi connectivity index (χ4v) is 4.65. The maximum atomic E-state index is 13.2. The second-order valence-corrected chi connectivity index (χ2v) is 9.20. The minimum atomic E-state index is -4.08. The highest BCUT2D eigenvalue weighted by atomic mass is 35.5. The van der Waals surface area contributed by atoms with Crippen molar-refractivity contribution in [1.82, 2.24) is 4.90 Å². The first-order valence-corrected chi connectivity index (χ1v) is 11.7. The molecule has 1 atom stereocenters. The molecule has 172 valence electrons.